The van der Waals surface area contributed by atoms with Gasteiger partial charge < -0.3 is 10.2 Å². The molecule has 0 aliphatic heterocycles. The number of anilines is 1. The van der Waals surface area contributed by atoms with Gasteiger partial charge in [-0.25, -0.2) is 0 Å². The molecule has 25 heavy (non-hydrogen) atoms. The summed E-state index contributed by atoms with van der Waals surface area (Å²) in [6, 6.07) is 14.7. The SMILES string of the molecule is CSc1ccc(C[NH+](C)CC(=O)Nc2ccc(SC(F)F)cc2)cc1. The summed E-state index contributed by atoms with van der Waals surface area (Å²) >= 11 is 2.19. The van der Waals surface area contributed by atoms with Crippen LogP contribution < -0.4 is 10.2 Å². The summed E-state index contributed by atoms with van der Waals surface area (Å²) < 4.78 is 24.6. The summed E-state index contributed by atoms with van der Waals surface area (Å²) in [7, 11) is 1.96. The molecule has 0 saturated heterocycles. The molecule has 0 spiro atoms. The fourth-order valence-electron chi connectivity index (χ4n) is 2.35. The van der Waals surface area contributed by atoms with Gasteiger partial charge >= 0.3 is 0 Å². The minimum absolute atomic E-state index is 0.104. The fraction of sp³-hybridized carbons (Fsp3) is 0.278. The summed E-state index contributed by atoms with van der Waals surface area (Å²) in [5, 5.41) is 2.80. The van der Waals surface area contributed by atoms with Crippen LogP contribution in [0.25, 0.3) is 0 Å². The maximum atomic E-state index is 12.3. The van der Waals surface area contributed by atoms with Crippen molar-refractivity contribution in [1.82, 2.24) is 0 Å². The van der Waals surface area contributed by atoms with E-state index in [2.05, 4.69) is 29.6 Å². The topological polar surface area (TPSA) is 33.5 Å². The maximum Gasteiger partial charge on any atom is 0.288 e. The Morgan fingerprint density at radius 3 is 2.24 bits per heavy atom. The molecule has 2 N–H and O–H groups in total. The van der Waals surface area contributed by atoms with Gasteiger partial charge in [-0.15, -0.1) is 11.8 Å². The molecule has 0 fully saturated rings. The van der Waals surface area contributed by atoms with Gasteiger partial charge in [0.1, 0.15) is 6.54 Å². The molecule has 0 aliphatic carbocycles. The van der Waals surface area contributed by atoms with Crippen molar-refractivity contribution < 1.29 is 18.5 Å². The molecular formula is C18H21F2N2OS2+. The summed E-state index contributed by atoms with van der Waals surface area (Å²) in [5.74, 6) is -2.55. The average Bonchev–Trinajstić information content (AvgIpc) is 2.56. The Morgan fingerprint density at radius 1 is 1.08 bits per heavy atom. The van der Waals surface area contributed by atoms with Crippen LogP contribution in [-0.4, -0.2) is 31.5 Å². The third kappa shape index (κ3) is 7.05. The Labute approximate surface area is 155 Å². The van der Waals surface area contributed by atoms with Gasteiger partial charge in [-0.3, -0.25) is 4.79 Å². The first-order valence-corrected chi connectivity index (χ1v) is 9.85. The number of rotatable bonds is 8. The molecule has 1 atom stereocenters. The van der Waals surface area contributed by atoms with Gasteiger partial charge in [0.25, 0.3) is 11.7 Å². The third-order valence-electron chi connectivity index (χ3n) is 3.49. The van der Waals surface area contributed by atoms with Crippen LogP contribution in [0.15, 0.2) is 58.3 Å². The van der Waals surface area contributed by atoms with Crippen molar-refractivity contribution >= 4 is 35.1 Å². The van der Waals surface area contributed by atoms with Crippen LogP contribution in [0.2, 0.25) is 0 Å². The average molecular weight is 384 g/mol. The number of benzene rings is 2. The van der Waals surface area contributed by atoms with Crippen molar-refractivity contribution in [2.75, 3.05) is 25.2 Å². The maximum absolute atomic E-state index is 12.3. The van der Waals surface area contributed by atoms with Crippen molar-refractivity contribution in [2.24, 2.45) is 0 Å². The minimum atomic E-state index is -2.44. The number of thioether (sulfide) groups is 2. The second-order valence-electron chi connectivity index (χ2n) is 5.61. The Hall–Kier alpha value is -1.57. The monoisotopic (exact) mass is 383 g/mol. The van der Waals surface area contributed by atoms with Crippen LogP contribution in [-0.2, 0) is 11.3 Å². The highest BCUT2D eigenvalue weighted by Crippen LogP contribution is 2.26. The molecule has 1 amide bonds. The molecule has 1 unspecified atom stereocenters. The third-order valence-corrected chi connectivity index (χ3v) is 4.96. The smallest absolute Gasteiger partial charge is 0.288 e. The van der Waals surface area contributed by atoms with Gasteiger partial charge in [-0.1, -0.05) is 23.9 Å². The van der Waals surface area contributed by atoms with E-state index < -0.39 is 5.76 Å². The zero-order chi connectivity index (χ0) is 18.2. The molecule has 0 aromatic heterocycles. The van der Waals surface area contributed by atoms with Crippen LogP contribution in [0.5, 0.6) is 0 Å². The Morgan fingerprint density at radius 2 is 1.68 bits per heavy atom. The van der Waals surface area contributed by atoms with E-state index in [1.54, 1.807) is 36.0 Å². The second-order valence-corrected chi connectivity index (χ2v) is 7.55. The number of carbonyl (C=O) groups excluding carboxylic acids is 1. The lowest BCUT2D eigenvalue weighted by molar-refractivity contribution is -0.885. The predicted molar refractivity (Wildman–Crippen MR) is 101 cm³/mol. The predicted octanol–water partition coefficient (Wildman–Crippen LogP) is 3.38. The molecule has 134 valence electrons. The lowest BCUT2D eigenvalue weighted by Gasteiger charge is -2.14. The molecule has 0 saturated carbocycles. The van der Waals surface area contributed by atoms with Crippen LogP contribution in [0, 0.1) is 0 Å². The lowest BCUT2D eigenvalue weighted by atomic mass is 10.2. The number of carbonyl (C=O) groups is 1. The molecule has 2 aromatic carbocycles. The summed E-state index contributed by atoms with van der Waals surface area (Å²) in [6.45, 7) is 1.09. The lowest BCUT2D eigenvalue weighted by Crippen LogP contribution is -3.08. The van der Waals surface area contributed by atoms with Crippen molar-refractivity contribution in [3.05, 3.63) is 54.1 Å². The van der Waals surface area contributed by atoms with E-state index in [0.717, 1.165) is 11.4 Å². The van der Waals surface area contributed by atoms with E-state index in [-0.39, 0.29) is 5.91 Å². The molecule has 2 rings (SSSR count). The Bertz CT molecular complexity index is 678. The summed E-state index contributed by atoms with van der Waals surface area (Å²) in [5.41, 5.74) is 1.79. The molecular weight excluding hydrogens is 362 g/mol. The second kappa shape index (κ2) is 9.79. The number of hydrogen-bond donors (Lipinski definition) is 2. The van der Waals surface area contributed by atoms with Crippen molar-refractivity contribution in [3.63, 3.8) is 0 Å². The van der Waals surface area contributed by atoms with Gasteiger partial charge in [0.2, 0.25) is 0 Å². The highest BCUT2D eigenvalue weighted by atomic mass is 32.2. The molecule has 0 radical (unpaired) electrons. The number of nitrogens with one attached hydrogen (secondary N) is 2. The van der Waals surface area contributed by atoms with Gasteiger partial charge in [0, 0.05) is 21.0 Å². The first-order valence-electron chi connectivity index (χ1n) is 7.75. The first-order chi connectivity index (χ1) is 12.0. The van der Waals surface area contributed by atoms with Crippen LogP contribution in [0.4, 0.5) is 14.5 Å². The number of hydrogen-bond acceptors (Lipinski definition) is 3. The first kappa shape index (κ1) is 19.8. The normalized spacial score (nSPS) is 12.2. The van der Waals surface area contributed by atoms with Crippen LogP contribution in [0.3, 0.4) is 0 Å². The highest BCUT2D eigenvalue weighted by molar-refractivity contribution is 7.99. The highest BCUT2D eigenvalue weighted by Gasteiger charge is 2.11. The number of amides is 1. The molecule has 0 aliphatic rings. The molecule has 0 bridgehead atoms. The summed E-state index contributed by atoms with van der Waals surface area (Å²) in [6.07, 6.45) is 2.04. The van der Waals surface area contributed by atoms with E-state index in [0.29, 0.717) is 28.9 Å². The molecule has 0 heterocycles. The van der Waals surface area contributed by atoms with Gasteiger partial charge in [0.05, 0.1) is 7.05 Å². The van der Waals surface area contributed by atoms with E-state index in [9.17, 15) is 13.6 Å². The van der Waals surface area contributed by atoms with Crippen molar-refractivity contribution in [1.29, 1.82) is 0 Å². The number of quaternary nitrogens is 1. The zero-order valence-electron chi connectivity index (χ0n) is 14.1. The van der Waals surface area contributed by atoms with Crippen molar-refractivity contribution in [2.45, 2.75) is 22.1 Å². The Balaban J connectivity index is 1.82. The van der Waals surface area contributed by atoms with Crippen molar-refractivity contribution in [3.8, 4) is 0 Å². The Kier molecular flexibility index (Phi) is 7.74. The molecule has 2 aromatic rings. The fourth-order valence-corrected chi connectivity index (χ4v) is 3.26. The van der Waals surface area contributed by atoms with E-state index in [1.807, 2.05) is 13.3 Å². The van der Waals surface area contributed by atoms with E-state index >= 15 is 0 Å². The van der Waals surface area contributed by atoms with Crippen LogP contribution >= 0.6 is 23.5 Å². The van der Waals surface area contributed by atoms with E-state index in [1.165, 1.54) is 10.5 Å². The van der Waals surface area contributed by atoms with Gasteiger partial charge in [-0.05, 0) is 42.7 Å². The van der Waals surface area contributed by atoms with Gasteiger partial charge in [-0.2, -0.15) is 8.78 Å². The summed E-state index contributed by atoms with van der Waals surface area (Å²) in [4.78, 5) is 14.9. The standard InChI is InChI=1S/C18H20F2N2OS2/c1-22(11-13-3-7-15(24-2)8-4-13)12-17(23)21-14-5-9-16(10-6-14)25-18(19)20/h3-10,18H,11-12H2,1-2H3,(H,21,23)/p+1. The number of alkyl halides is 2. The quantitative estimate of drug-likeness (QED) is 0.686. The van der Waals surface area contributed by atoms with E-state index in [4.69, 9.17) is 0 Å². The number of halogens is 2. The molecule has 3 nitrogen and oxygen atoms in total. The molecule has 7 heteroatoms. The van der Waals surface area contributed by atoms with Crippen LogP contribution in [0.1, 0.15) is 5.56 Å². The minimum Gasteiger partial charge on any atom is -0.326 e. The van der Waals surface area contributed by atoms with Gasteiger partial charge in [0.15, 0.2) is 6.54 Å². The number of likely N-dealkylation sites (N-methyl/N-ethyl adjacent to an activating group) is 1. The zero-order valence-corrected chi connectivity index (χ0v) is 15.7. The largest absolute Gasteiger partial charge is 0.326 e.